The maximum atomic E-state index is 13.2. The number of fused-ring (bicyclic) bond motifs is 1. The van der Waals surface area contributed by atoms with Crippen LogP contribution in [0.3, 0.4) is 0 Å². The zero-order valence-electron chi connectivity index (χ0n) is 20.7. The third-order valence-electron chi connectivity index (χ3n) is 6.63. The third kappa shape index (κ3) is 4.54. The first-order valence-electron chi connectivity index (χ1n) is 12.0. The number of methoxy groups -OCH3 is 3. The van der Waals surface area contributed by atoms with Crippen LogP contribution < -0.4 is 19.5 Å². The van der Waals surface area contributed by atoms with E-state index in [0.717, 1.165) is 41.2 Å². The van der Waals surface area contributed by atoms with E-state index in [9.17, 15) is 4.79 Å². The van der Waals surface area contributed by atoms with Crippen molar-refractivity contribution in [2.75, 3.05) is 39.7 Å². The Morgan fingerprint density at radius 2 is 1.83 bits per heavy atom. The molecule has 0 saturated carbocycles. The maximum Gasteiger partial charge on any atom is 0.321 e. The highest BCUT2D eigenvalue weighted by Gasteiger charge is 2.29. The molecule has 8 nitrogen and oxygen atoms in total. The van der Waals surface area contributed by atoms with Crippen LogP contribution in [0.5, 0.6) is 17.2 Å². The van der Waals surface area contributed by atoms with Gasteiger partial charge in [-0.3, -0.25) is 0 Å². The normalized spacial score (nSPS) is 15.5. The number of aromatic nitrogens is 2. The van der Waals surface area contributed by atoms with Crippen LogP contribution in [0.2, 0.25) is 0 Å². The molecule has 4 aromatic rings. The summed E-state index contributed by atoms with van der Waals surface area (Å²) in [5.41, 5.74) is 3.61. The number of hydrogen-bond acceptors (Lipinski definition) is 5. The summed E-state index contributed by atoms with van der Waals surface area (Å²) in [6, 6.07) is 19.3. The predicted octanol–water partition coefficient (Wildman–Crippen LogP) is 5.44. The van der Waals surface area contributed by atoms with Gasteiger partial charge in [0.15, 0.2) is 11.5 Å². The lowest BCUT2D eigenvalue weighted by atomic mass is 9.97. The Hall–Kier alpha value is -4.20. The highest BCUT2D eigenvalue weighted by atomic mass is 16.5. The van der Waals surface area contributed by atoms with Crippen molar-refractivity contribution in [3.8, 4) is 28.5 Å². The monoisotopic (exact) mass is 486 g/mol. The number of nitrogens with zero attached hydrogens (tertiary/aromatic N) is 3. The average molecular weight is 487 g/mol. The summed E-state index contributed by atoms with van der Waals surface area (Å²) in [6.07, 6.45) is 3.91. The smallest absolute Gasteiger partial charge is 0.321 e. The van der Waals surface area contributed by atoms with Crippen molar-refractivity contribution < 1.29 is 19.0 Å². The minimum atomic E-state index is -0.138. The summed E-state index contributed by atoms with van der Waals surface area (Å²) >= 11 is 0. The molecule has 2 aromatic carbocycles. The predicted molar refractivity (Wildman–Crippen MR) is 139 cm³/mol. The van der Waals surface area contributed by atoms with Crippen LogP contribution in [0.1, 0.15) is 24.6 Å². The second-order valence-electron chi connectivity index (χ2n) is 8.79. The minimum Gasteiger partial charge on any atom is -0.497 e. The number of piperidine rings is 1. The molecule has 36 heavy (non-hydrogen) atoms. The number of rotatable bonds is 6. The van der Waals surface area contributed by atoms with Gasteiger partial charge in [0.1, 0.15) is 11.6 Å². The summed E-state index contributed by atoms with van der Waals surface area (Å²) in [6.45, 7) is 1.28. The van der Waals surface area contributed by atoms with Crippen molar-refractivity contribution in [2.45, 2.75) is 18.8 Å². The maximum absolute atomic E-state index is 13.2. The van der Waals surface area contributed by atoms with Gasteiger partial charge in [-0.2, -0.15) is 0 Å². The second-order valence-corrected chi connectivity index (χ2v) is 8.79. The molecule has 8 heteroatoms. The highest BCUT2D eigenvalue weighted by molar-refractivity contribution is 5.90. The number of ether oxygens (including phenoxy) is 3. The largest absolute Gasteiger partial charge is 0.497 e. The molecular formula is C28H30N4O4. The number of carbonyl (C=O) groups is 1. The summed E-state index contributed by atoms with van der Waals surface area (Å²) in [5.74, 6) is 3.06. The van der Waals surface area contributed by atoms with E-state index in [0.29, 0.717) is 30.3 Å². The molecule has 1 aliphatic rings. The number of likely N-dealkylation sites (tertiary alicyclic amines) is 1. The van der Waals surface area contributed by atoms with Gasteiger partial charge in [-0.25, -0.2) is 9.78 Å². The molecule has 1 fully saturated rings. The standard InChI is InChI=1S/C28H30N4O4/c1-34-22-10-6-8-19(16-22)26-23-11-4-5-15-32(23)27(30-26)20-9-7-14-31(18-20)28(33)29-21-12-13-24(35-2)25(17-21)36-3/h4-6,8,10-13,15-17,20H,7,9,14,18H2,1-3H3,(H,29,33). The van der Waals surface area contributed by atoms with Crippen LogP contribution in [0.15, 0.2) is 66.9 Å². The van der Waals surface area contributed by atoms with Crippen LogP contribution in [0.4, 0.5) is 10.5 Å². The number of nitrogens with one attached hydrogen (secondary N) is 1. The zero-order valence-corrected chi connectivity index (χ0v) is 20.7. The first-order chi connectivity index (χ1) is 17.6. The molecule has 2 aromatic heterocycles. The van der Waals surface area contributed by atoms with Crippen LogP contribution in [0.25, 0.3) is 16.8 Å². The van der Waals surface area contributed by atoms with Gasteiger partial charge < -0.3 is 28.8 Å². The lowest BCUT2D eigenvalue weighted by molar-refractivity contribution is 0.191. The minimum absolute atomic E-state index is 0.115. The number of carbonyl (C=O) groups excluding carboxylic acids is 1. The van der Waals surface area contributed by atoms with Gasteiger partial charge in [-0.1, -0.05) is 18.2 Å². The first-order valence-corrected chi connectivity index (χ1v) is 12.0. The van der Waals surface area contributed by atoms with Crippen LogP contribution in [0, 0.1) is 0 Å². The molecule has 1 aliphatic heterocycles. The number of benzene rings is 2. The molecule has 0 radical (unpaired) electrons. The SMILES string of the molecule is COc1cccc(-c2nc(C3CCCN(C(=O)Nc4ccc(OC)c(OC)c4)C3)n3ccccc23)c1. The molecule has 1 unspecified atom stereocenters. The van der Waals surface area contributed by atoms with Gasteiger partial charge in [-0.05, 0) is 49.2 Å². The second kappa shape index (κ2) is 10.2. The summed E-state index contributed by atoms with van der Waals surface area (Å²) in [5, 5.41) is 3.00. The summed E-state index contributed by atoms with van der Waals surface area (Å²) < 4.78 is 18.2. The van der Waals surface area contributed by atoms with E-state index < -0.39 is 0 Å². The van der Waals surface area contributed by atoms with E-state index in [1.807, 2.05) is 53.6 Å². The molecule has 0 spiro atoms. The van der Waals surface area contributed by atoms with Gasteiger partial charge in [0, 0.05) is 42.5 Å². The summed E-state index contributed by atoms with van der Waals surface area (Å²) in [7, 11) is 4.83. The van der Waals surface area contributed by atoms with Gasteiger partial charge in [0.25, 0.3) is 0 Å². The molecule has 0 bridgehead atoms. The number of hydrogen-bond donors (Lipinski definition) is 1. The fourth-order valence-electron chi connectivity index (χ4n) is 4.82. The Bertz CT molecular complexity index is 1380. The lowest BCUT2D eigenvalue weighted by Crippen LogP contribution is -2.42. The quantitative estimate of drug-likeness (QED) is 0.393. The van der Waals surface area contributed by atoms with Crippen molar-refractivity contribution in [1.29, 1.82) is 0 Å². The van der Waals surface area contributed by atoms with E-state index in [1.54, 1.807) is 33.5 Å². The molecule has 3 heterocycles. The molecule has 0 aliphatic carbocycles. The Morgan fingerprint density at radius 1 is 0.972 bits per heavy atom. The van der Waals surface area contributed by atoms with Gasteiger partial charge in [0.05, 0.1) is 32.5 Å². The van der Waals surface area contributed by atoms with Crippen molar-refractivity contribution in [3.63, 3.8) is 0 Å². The van der Waals surface area contributed by atoms with Crippen LogP contribution >= 0.6 is 0 Å². The zero-order chi connectivity index (χ0) is 25.1. The van der Waals surface area contributed by atoms with Crippen LogP contribution in [-0.2, 0) is 0 Å². The van der Waals surface area contributed by atoms with E-state index >= 15 is 0 Å². The molecule has 5 rings (SSSR count). The molecule has 2 amide bonds. The molecule has 186 valence electrons. The van der Waals surface area contributed by atoms with E-state index in [-0.39, 0.29) is 11.9 Å². The van der Waals surface area contributed by atoms with E-state index in [2.05, 4.69) is 15.8 Å². The Balaban J connectivity index is 1.40. The Kier molecular flexibility index (Phi) is 6.66. The topological polar surface area (TPSA) is 77.3 Å². The number of amides is 2. The van der Waals surface area contributed by atoms with Crippen molar-refractivity contribution in [1.82, 2.24) is 14.3 Å². The average Bonchev–Trinajstić information content (AvgIpc) is 3.33. The first kappa shape index (κ1) is 23.5. The van der Waals surface area contributed by atoms with E-state index in [4.69, 9.17) is 19.2 Å². The number of pyridine rings is 1. The fourth-order valence-corrected chi connectivity index (χ4v) is 4.82. The molecule has 1 saturated heterocycles. The summed E-state index contributed by atoms with van der Waals surface area (Å²) in [4.78, 5) is 20.1. The van der Waals surface area contributed by atoms with Crippen molar-refractivity contribution in [3.05, 3.63) is 72.7 Å². The van der Waals surface area contributed by atoms with E-state index in [1.165, 1.54) is 0 Å². The highest BCUT2D eigenvalue weighted by Crippen LogP contribution is 2.34. The fraction of sp³-hybridized carbons (Fsp3) is 0.286. The van der Waals surface area contributed by atoms with Crippen molar-refractivity contribution in [2.24, 2.45) is 0 Å². The molecular weight excluding hydrogens is 456 g/mol. The van der Waals surface area contributed by atoms with Gasteiger partial charge in [0.2, 0.25) is 0 Å². The van der Waals surface area contributed by atoms with Gasteiger partial charge >= 0.3 is 6.03 Å². The van der Waals surface area contributed by atoms with Crippen molar-refractivity contribution >= 4 is 17.2 Å². The Labute approximate surface area is 210 Å². The third-order valence-corrected chi connectivity index (χ3v) is 6.63. The molecule has 1 N–H and O–H groups in total. The van der Waals surface area contributed by atoms with Crippen LogP contribution in [-0.4, -0.2) is 54.7 Å². The number of anilines is 1. The lowest BCUT2D eigenvalue weighted by Gasteiger charge is -2.32. The number of urea groups is 1. The molecule has 1 atom stereocenters. The number of imidazole rings is 1. The Morgan fingerprint density at radius 3 is 2.64 bits per heavy atom. The van der Waals surface area contributed by atoms with Gasteiger partial charge in [-0.15, -0.1) is 0 Å².